The third-order valence-corrected chi connectivity index (χ3v) is 13.0. The molecule has 0 bridgehead atoms. The van der Waals surface area contributed by atoms with Crippen molar-refractivity contribution in [2.24, 2.45) is 5.92 Å². The number of rotatable bonds is 5. The molecule has 2 heteroatoms. The van der Waals surface area contributed by atoms with Crippen molar-refractivity contribution >= 4 is 32.5 Å². The van der Waals surface area contributed by atoms with E-state index in [1.165, 1.54) is 57.8 Å². The molecule has 1 aromatic carbocycles. The second kappa shape index (κ2) is 8.75. The fraction of sp³-hybridized carbons (Fsp3) is 0.484. The SMILES string of the molecule is CCCC(C)C1=CC([Si](C)(C)C2=CC=C3CC4=C(C=C32)CCC4)c2cc3c(cc21)CCC3.[Li]. The number of fused-ring (bicyclic) bond motifs is 3. The monoisotopic (exact) mass is 445 g/mol. The van der Waals surface area contributed by atoms with Crippen molar-refractivity contribution in [2.75, 3.05) is 0 Å². The van der Waals surface area contributed by atoms with Gasteiger partial charge >= 0.3 is 0 Å². The van der Waals surface area contributed by atoms with Crippen LogP contribution in [0.15, 0.2) is 63.9 Å². The summed E-state index contributed by atoms with van der Waals surface area (Å²) in [5, 5.41) is 1.71. The molecule has 2 unspecified atom stereocenters. The standard InChI is InChI=1S/C31H38Si.Li/c1-5-8-20(2)26-19-31(29-18-24-12-7-11-23(24)17-28(26)29)32(3,4)30-14-13-25-15-21-9-6-10-22(21)16-27(25)30;/h13-14,16-20,31H,5-12,15H2,1-4H3;. The largest absolute Gasteiger partial charge is 0.0927 e. The maximum Gasteiger partial charge on any atom is 0.0927 e. The fourth-order valence-corrected chi connectivity index (χ4v) is 10.7. The summed E-state index contributed by atoms with van der Waals surface area (Å²) >= 11 is 0. The fourth-order valence-electron chi connectivity index (χ4n) is 7.33. The summed E-state index contributed by atoms with van der Waals surface area (Å²) in [6.45, 7) is 10.1. The Kier molecular flexibility index (Phi) is 6.22. The van der Waals surface area contributed by atoms with E-state index in [1.54, 1.807) is 55.3 Å². The Hall–Kier alpha value is -1.27. The van der Waals surface area contributed by atoms with Gasteiger partial charge in [0.05, 0.1) is 8.07 Å². The van der Waals surface area contributed by atoms with Crippen LogP contribution in [0, 0.1) is 5.92 Å². The van der Waals surface area contributed by atoms with E-state index >= 15 is 0 Å². The van der Waals surface area contributed by atoms with Gasteiger partial charge in [0.15, 0.2) is 0 Å². The molecular formula is C31H38LiSi. The van der Waals surface area contributed by atoms with Crippen molar-refractivity contribution < 1.29 is 0 Å². The van der Waals surface area contributed by atoms with Crippen molar-refractivity contribution in [3.8, 4) is 0 Å². The molecule has 6 rings (SSSR count). The van der Waals surface area contributed by atoms with Crippen LogP contribution in [0.2, 0.25) is 13.1 Å². The van der Waals surface area contributed by atoms with Gasteiger partial charge < -0.3 is 0 Å². The van der Waals surface area contributed by atoms with E-state index in [0.717, 1.165) is 0 Å². The normalized spacial score (nSPS) is 23.7. The molecular weight excluding hydrogens is 407 g/mol. The van der Waals surface area contributed by atoms with Crippen molar-refractivity contribution in [1.29, 1.82) is 0 Å². The zero-order valence-corrected chi connectivity index (χ0v) is 22.5. The van der Waals surface area contributed by atoms with Gasteiger partial charge in [0.25, 0.3) is 0 Å². The number of allylic oxidation sites excluding steroid dienone is 10. The van der Waals surface area contributed by atoms with Crippen LogP contribution in [-0.2, 0) is 12.8 Å². The molecule has 5 aliphatic carbocycles. The molecule has 1 aromatic rings. The maximum atomic E-state index is 2.74. The second-order valence-corrected chi connectivity index (χ2v) is 16.2. The molecule has 1 radical (unpaired) electrons. The first-order valence-corrected chi connectivity index (χ1v) is 16.3. The molecule has 0 aliphatic heterocycles. The van der Waals surface area contributed by atoms with Crippen LogP contribution in [0.25, 0.3) is 5.57 Å². The van der Waals surface area contributed by atoms with Crippen LogP contribution in [-0.4, -0.2) is 26.9 Å². The summed E-state index contributed by atoms with van der Waals surface area (Å²) in [5.74, 6) is 0.666. The molecule has 0 amide bonds. The van der Waals surface area contributed by atoms with Crippen LogP contribution in [0.5, 0.6) is 0 Å². The summed E-state index contributed by atoms with van der Waals surface area (Å²) in [6, 6.07) is 5.26. The first-order valence-electron chi connectivity index (χ1n) is 13.2. The Balaban J connectivity index is 0.00000228. The number of aryl methyl sites for hydroxylation is 2. The van der Waals surface area contributed by atoms with E-state index in [2.05, 4.69) is 63.4 Å². The molecule has 0 aromatic heterocycles. The van der Waals surface area contributed by atoms with Crippen LogP contribution in [0.3, 0.4) is 0 Å². The van der Waals surface area contributed by atoms with E-state index < -0.39 is 8.07 Å². The number of benzene rings is 1. The summed E-state index contributed by atoms with van der Waals surface area (Å²) in [6.07, 6.45) is 22.1. The van der Waals surface area contributed by atoms with Gasteiger partial charge in [-0.2, -0.15) is 0 Å². The van der Waals surface area contributed by atoms with Crippen molar-refractivity contribution in [3.05, 3.63) is 86.2 Å². The first kappa shape index (κ1) is 23.5. The Morgan fingerprint density at radius 3 is 2.55 bits per heavy atom. The molecule has 0 heterocycles. The average molecular weight is 446 g/mol. The van der Waals surface area contributed by atoms with Gasteiger partial charge in [-0.15, -0.1) is 0 Å². The molecule has 33 heavy (non-hydrogen) atoms. The van der Waals surface area contributed by atoms with Crippen LogP contribution >= 0.6 is 0 Å². The topological polar surface area (TPSA) is 0 Å². The zero-order valence-electron chi connectivity index (χ0n) is 21.5. The van der Waals surface area contributed by atoms with Gasteiger partial charge in [-0.05, 0) is 102 Å². The molecule has 5 aliphatic rings. The van der Waals surface area contributed by atoms with E-state index in [1.807, 2.05) is 0 Å². The Labute approximate surface area is 214 Å². The van der Waals surface area contributed by atoms with Crippen molar-refractivity contribution in [1.82, 2.24) is 0 Å². The van der Waals surface area contributed by atoms with Crippen LogP contribution in [0.1, 0.15) is 86.6 Å². The van der Waals surface area contributed by atoms with Gasteiger partial charge in [-0.25, -0.2) is 0 Å². The van der Waals surface area contributed by atoms with Gasteiger partial charge in [0, 0.05) is 24.4 Å². The molecule has 0 saturated carbocycles. The van der Waals surface area contributed by atoms with Gasteiger partial charge in [-0.1, -0.05) is 80.6 Å². The molecule has 0 N–H and O–H groups in total. The minimum atomic E-state index is -1.74. The van der Waals surface area contributed by atoms with E-state index in [-0.39, 0.29) is 18.9 Å². The summed E-state index contributed by atoms with van der Waals surface area (Å²) in [7, 11) is -1.74. The molecule has 0 fully saturated rings. The zero-order chi connectivity index (χ0) is 22.0. The third kappa shape index (κ3) is 3.71. The minimum Gasteiger partial charge on any atom is -0.0753 e. The Morgan fingerprint density at radius 1 is 1.00 bits per heavy atom. The van der Waals surface area contributed by atoms with E-state index in [9.17, 15) is 0 Å². The second-order valence-electron chi connectivity index (χ2n) is 11.6. The van der Waals surface area contributed by atoms with Crippen LogP contribution in [0.4, 0.5) is 0 Å². The number of hydrogen-bond donors (Lipinski definition) is 0. The predicted molar refractivity (Wildman–Crippen MR) is 146 cm³/mol. The smallest absolute Gasteiger partial charge is 0.0753 e. The average Bonchev–Trinajstić information content (AvgIpc) is 3.54. The third-order valence-electron chi connectivity index (χ3n) is 9.17. The predicted octanol–water partition coefficient (Wildman–Crippen LogP) is 8.18. The Bertz CT molecular complexity index is 1150. The summed E-state index contributed by atoms with van der Waals surface area (Å²) in [4.78, 5) is 0. The summed E-state index contributed by atoms with van der Waals surface area (Å²) in [5.41, 5.74) is 15.5. The number of hydrogen-bond acceptors (Lipinski definition) is 0. The Morgan fingerprint density at radius 2 is 1.76 bits per heavy atom. The van der Waals surface area contributed by atoms with E-state index in [4.69, 9.17) is 0 Å². The molecule has 0 nitrogen and oxygen atoms in total. The molecule has 0 saturated heterocycles. The molecule has 2 atom stereocenters. The first-order chi connectivity index (χ1) is 15.5. The van der Waals surface area contributed by atoms with Crippen molar-refractivity contribution in [2.45, 2.75) is 90.3 Å². The quantitative estimate of drug-likeness (QED) is 0.401. The van der Waals surface area contributed by atoms with Gasteiger partial charge in [-0.3, -0.25) is 0 Å². The minimum absolute atomic E-state index is 0. The van der Waals surface area contributed by atoms with Gasteiger partial charge in [0.2, 0.25) is 0 Å². The van der Waals surface area contributed by atoms with Crippen molar-refractivity contribution in [3.63, 3.8) is 0 Å². The molecule has 167 valence electrons. The van der Waals surface area contributed by atoms with Crippen LogP contribution < -0.4 is 0 Å². The van der Waals surface area contributed by atoms with E-state index in [0.29, 0.717) is 11.5 Å². The maximum absolute atomic E-state index is 2.74. The van der Waals surface area contributed by atoms with Gasteiger partial charge in [0.1, 0.15) is 0 Å². The molecule has 0 spiro atoms. The summed E-state index contributed by atoms with van der Waals surface area (Å²) < 4.78 is 0.